The highest BCUT2D eigenvalue weighted by Gasteiger charge is 2.03. The number of nitrogens with one attached hydrogen (secondary N) is 1. The van der Waals surface area contributed by atoms with Crippen molar-refractivity contribution >= 4 is 11.6 Å². The zero-order valence-corrected chi connectivity index (χ0v) is 7.85. The van der Waals surface area contributed by atoms with Crippen molar-refractivity contribution in [2.45, 2.75) is 6.54 Å². The Morgan fingerprint density at radius 1 is 1.67 bits per heavy atom. The molecule has 0 aliphatic heterocycles. The van der Waals surface area contributed by atoms with Crippen LogP contribution in [0.15, 0.2) is 12.3 Å². The highest BCUT2D eigenvalue weighted by atomic mass is 35.5. The number of halogens is 1. The van der Waals surface area contributed by atoms with Gasteiger partial charge < -0.3 is 10.1 Å². The molecule has 0 atom stereocenters. The number of methoxy groups -OCH3 is 1. The van der Waals surface area contributed by atoms with E-state index in [1.165, 1.54) is 0 Å². The molecule has 1 N–H and O–H groups in total. The van der Waals surface area contributed by atoms with Crippen LogP contribution in [-0.2, 0) is 6.54 Å². The van der Waals surface area contributed by atoms with Crippen molar-refractivity contribution in [2.75, 3.05) is 14.2 Å². The van der Waals surface area contributed by atoms with Gasteiger partial charge in [-0.25, -0.2) is 4.98 Å². The number of rotatable bonds is 3. The molecule has 0 bridgehead atoms. The first kappa shape index (κ1) is 9.29. The fourth-order valence-electron chi connectivity index (χ4n) is 0.970. The molecule has 0 aliphatic carbocycles. The molecule has 4 heteroatoms. The molecule has 0 unspecified atom stereocenters. The first-order valence-corrected chi connectivity index (χ1v) is 3.98. The Kier molecular flexibility index (Phi) is 3.31. The van der Waals surface area contributed by atoms with Crippen molar-refractivity contribution in [1.29, 1.82) is 0 Å². The third-order valence-electron chi connectivity index (χ3n) is 1.45. The van der Waals surface area contributed by atoms with Gasteiger partial charge in [-0.05, 0) is 13.1 Å². The third-order valence-corrected chi connectivity index (χ3v) is 1.66. The maximum Gasteiger partial charge on any atom is 0.217 e. The van der Waals surface area contributed by atoms with E-state index in [1.54, 1.807) is 13.3 Å². The van der Waals surface area contributed by atoms with Crippen LogP contribution in [0.2, 0.25) is 5.02 Å². The Hall–Kier alpha value is -0.800. The van der Waals surface area contributed by atoms with Crippen LogP contribution in [0.1, 0.15) is 5.56 Å². The van der Waals surface area contributed by atoms with Gasteiger partial charge >= 0.3 is 0 Å². The minimum atomic E-state index is 0.619. The number of aromatic nitrogens is 1. The monoisotopic (exact) mass is 186 g/mol. The molecule has 1 rings (SSSR count). The summed E-state index contributed by atoms with van der Waals surface area (Å²) in [6.45, 7) is 0.705. The van der Waals surface area contributed by atoms with Crippen molar-refractivity contribution < 1.29 is 4.74 Å². The fourth-order valence-corrected chi connectivity index (χ4v) is 1.15. The van der Waals surface area contributed by atoms with Crippen LogP contribution in [0.5, 0.6) is 5.88 Å². The molecule has 0 aromatic carbocycles. The van der Waals surface area contributed by atoms with Crippen molar-refractivity contribution in [3.63, 3.8) is 0 Å². The van der Waals surface area contributed by atoms with E-state index in [9.17, 15) is 0 Å². The zero-order valence-electron chi connectivity index (χ0n) is 7.10. The van der Waals surface area contributed by atoms with Crippen LogP contribution in [0.4, 0.5) is 0 Å². The van der Waals surface area contributed by atoms with Gasteiger partial charge in [0.1, 0.15) is 0 Å². The molecular weight excluding hydrogens is 176 g/mol. The van der Waals surface area contributed by atoms with Crippen LogP contribution < -0.4 is 10.1 Å². The first-order chi connectivity index (χ1) is 5.77. The number of ether oxygens (including phenoxy) is 1. The minimum absolute atomic E-state index is 0.619. The maximum absolute atomic E-state index is 5.76. The van der Waals surface area contributed by atoms with E-state index in [4.69, 9.17) is 16.3 Å². The average Bonchev–Trinajstić information content (AvgIpc) is 2.05. The normalized spacial score (nSPS) is 9.92. The lowest BCUT2D eigenvalue weighted by Crippen LogP contribution is -2.07. The Morgan fingerprint density at radius 2 is 2.42 bits per heavy atom. The quantitative estimate of drug-likeness (QED) is 0.776. The summed E-state index contributed by atoms with van der Waals surface area (Å²) in [5.41, 5.74) is 0.965. The van der Waals surface area contributed by atoms with Gasteiger partial charge in [0, 0.05) is 18.3 Å². The molecule has 0 saturated carbocycles. The molecule has 0 amide bonds. The summed E-state index contributed by atoms with van der Waals surface area (Å²) >= 11 is 5.76. The zero-order chi connectivity index (χ0) is 8.97. The molecule has 0 aliphatic rings. The highest BCUT2D eigenvalue weighted by molar-refractivity contribution is 6.30. The van der Waals surface area contributed by atoms with E-state index in [-0.39, 0.29) is 0 Å². The maximum atomic E-state index is 5.76. The molecule has 66 valence electrons. The molecule has 1 aromatic rings. The number of hydrogen-bond donors (Lipinski definition) is 1. The van der Waals surface area contributed by atoms with Crippen molar-refractivity contribution in [3.05, 3.63) is 22.8 Å². The fraction of sp³-hybridized carbons (Fsp3) is 0.375. The van der Waals surface area contributed by atoms with E-state index < -0.39 is 0 Å². The molecule has 0 spiro atoms. The Labute approximate surface area is 76.7 Å². The molecular formula is C8H11ClN2O. The third kappa shape index (κ3) is 2.09. The summed E-state index contributed by atoms with van der Waals surface area (Å²) in [7, 11) is 3.45. The van der Waals surface area contributed by atoms with Gasteiger partial charge in [0.05, 0.1) is 12.1 Å². The standard InChI is InChI=1S/C8H11ClN2O/c1-10-4-6-3-7(9)5-11-8(6)12-2/h3,5,10H,4H2,1-2H3. The predicted octanol–water partition coefficient (Wildman–Crippen LogP) is 1.46. The largest absolute Gasteiger partial charge is 0.481 e. The second-order valence-corrected chi connectivity index (χ2v) is 2.79. The van der Waals surface area contributed by atoms with Crippen molar-refractivity contribution in [3.8, 4) is 5.88 Å². The number of hydrogen-bond acceptors (Lipinski definition) is 3. The lowest BCUT2D eigenvalue weighted by Gasteiger charge is -2.06. The number of nitrogens with zero attached hydrogens (tertiary/aromatic N) is 1. The van der Waals surface area contributed by atoms with Crippen molar-refractivity contribution in [2.24, 2.45) is 0 Å². The summed E-state index contributed by atoms with van der Waals surface area (Å²) in [6, 6.07) is 1.84. The highest BCUT2D eigenvalue weighted by Crippen LogP contribution is 2.18. The van der Waals surface area contributed by atoms with Gasteiger partial charge in [-0.15, -0.1) is 0 Å². The number of pyridine rings is 1. The van der Waals surface area contributed by atoms with Crippen LogP contribution in [0.3, 0.4) is 0 Å². The van der Waals surface area contributed by atoms with E-state index >= 15 is 0 Å². The Morgan fingerprint density at radius 3 is 3.00 bits per heavy atom. The Balaban J connectivity index is 2.95. The van der Waals surface area contributed by atoms with Crippen LogP contribution in [0, 0.1) is 0 Å². The van der Waals surface area contributed by atoms with Crippen LogP contribution in [-0.4, -0.2) is 19.1 Å². The summed E-state index contributed by atoms with van der Waals surface area (Å²) in [5, 5.41) is 3.63. The SMILES string of the molecule is CNCc1cc(Cl)cnc1OC. The summed E-state index contributed by atoms with van der Waals surface area (Å²) < 4.78 is 5.04. The van der Waals surface area contributed by atoms with Gasteiger partial charge in [0.2, 0.25) is 5.88 Å². The average molecular weight is 187 g/mol. The lowest BCUT2D eigenvalue weighted by molar-refractivity contribution is 0.391. The van der Waals surface area contributed by atoms with Crippen molar-refractivity contribution in [1.82, 2.24) is 10.3 Å². The smallest absolute Gasteiger partial charge is 0.217 e. The lowest BCUT2D eigenvalue weighted by atomic mass is 10.3. The van der Waals surface area contributed by atoms with Crippen LogP contribution >= 0.6 is 11.6 Å². The molecule has 1 heterocycles. The first-order valence-electron chi connectivity index (χ1n) is 3.61. The molecule has 0 fully saturated rings. The summed E-state index contributed by atoms with van der Waals surface area (Å²) in [6.07, 6.45) is 1.57. The van der Waals surface area contributed by atoms with Gasteiger partial charge in [-0.2, -0.15) is 0 Å². The van der Waals surface area contributed by atoms with E-state index in [1.807, 2.05) is 13.1 Å². The minimum Gasteiger partial charge on any atom is -0.481 e. The molecule has 12 heavy (non-hydrogen) atoms. The van der Waals surface area contributed by atoms with Gasteiger partial charge in [0.25, 0.3) is 0 Å². The molecule has 1 aromatic heterocycles. The van der Waals surface area contributed by atoms with E-state index in [0.29, 0.717) is 17.4 Å². The Bertz CT molecular complexity index is 265. The molecule has 0 radical (unpaired) electrons. The molecule has 0 saturated heterocycles. The topological polar surface area (TPSA) is 34.2 Å². The second kappa shape index (κ2) is 4.28. The van der Waals surface area contributed by atoms with Gasteiger partial charge in [-0.3, -0.25) is 0 Å². The summed E-state index contributed by atoms with van der Waals surface area (Å²) in [5.74, 6) is 0.619. The predicted molar refractivity (Wildman–Crippen MR) is 48.6 cm³/mol. The summed E-state index contributed by atoms with van der Waals surface area (Å²) in [4.78, 5) is 4.02. The van der Waals surface area contributed by atoms with Gasteiger partial charge in [-0.1, -0.05) is 11.6 Å². The van der Waals surface area contributed by atoms with Crippen LogP contribution in [0.25, 0.3) is 0 Å². The van der Waals surface area contributed by atoms with Gasteiger partial charge in [0.15, 0.2) is 0 Å². The van der Waals surface area contributed by atoms with E-state index in [2.05, 4.69) is 10.3 Å². The second-order valence-electron chi connectivity index (χ2n) is 2.35. The molecule has 3 nitrogen and oxygen atoms in total. The van der Waals surface area contributed by atoms with E-state index in [0.717, 1.165) is 5.56 Å².